The van der Waals surface area contributed by atoms with Gasteiger partial charge in [0.1, 0.15) is 0 Å². The molecule has 3 heteroatoms. The van der Waals surface area contributed by atoms with E-state index in [1.807, 2.05) is 0 Å². The lowest BCUT2D eigenvalue weighted by atomic mass is 9.77. The fraction of sp³-hybridized carbons (Fsp3) is 0.952. The molecule has 4 unspecified atom stereocenters. The van der Waals surface area contributed by atoms with E-state index in [-0.39, 0.29) is 0 Å². The standard InChI is InChI=1S/C21H38O3/c1-2-3-4-9-14-24-16-20-18-13-12-17(15-18)19(20)10-7-5-6-8-11-21(22)23/h17-20H,2-16H2,1H3,(H,22,23). The van der Waals surface area contributed by atoms with Crippen molar-refractivity contribution in [3.63, 3.8) is 0 Å². The molecule has 4 atom stereocenters. The van der Waals surface area contributed by atoms with Crippen LogP contribution in [0.25, 0.3) is 0 Å². The number of ether oxygens (including phenoxy) is 1. The van der Waals surface area contributed by atoms with Crippen molar-refractivity contribution < 1.29 is 14.6 Å². The molecule has 0 heterocycles. The quantitative estimate of drug-likeness (QED) is 0.415. The van der Waals surface area contributed by atoms with E-state index in [9.17, 15) is 4.79 Å². The summed E-state index contributed by atoms with van der Waals surface area (Å²) in [5.74, 6) is 2.94. The molecule has 3 nitrogen and oxygen atoms in total. The number of fused-ring (bicyclic) bond motifs is 2. The van der Waals surface area contributed by atoms with Gasteiger partial charge in [0, 0.05) is 19.6 Å². The summed E-state index contributed by atoms with van der Waals surface area (Å²) in [5.41, 5.74) is 0. The molecule has 0 aliphatic heterocycles. The first-order chi connectivity index (χ1) is 11.7. The van der Waals surface area contributed by atoms with Gasteiger partial charge in [-0.2, -0.15) is 0 Å². The summed E-state index contributed by atoms with van der Waals surface area (Å²) in [6.07, 6.45) is 15.6. The van der Waals surface area contributed by atoms with Crippen LogP contribution in [-0.2, 0) is 9.53 Å². The lowest BCUT2D eigenvalue weighted by molar-refractivity contribution is -0.137. The lowest BCUT2D eigenvalue weighted by Crippen LogP contribution is -2.26. The first kappa shape index (κ1) is 19.8. The molecule has 2 aliphatic rings. The summed E-state index contributed by atoms with van der Waals surface area (Å²) >= 11 is 0. The number of carboxylic acid groups (broad SMARTS) is 1. The third-order valence-corrected chi connectivity index (χ3v) is 6.41. The molecule has 0 amide bonds. The van der Waals surface area contributed by atoms with Crippen LogP contribution in [0.1, 0.15) is 90.4 Å². The maximum atomic E-state index is 10.5. The van der Waals surface area contributed by atoms with Crippen LogP contribution < -0.4 is 0 Å². The Kier molecular flexibility index (Phi) is 9.15. The summed E-state index contributed by atoms with van der Waals surface area (Å²) in [6.45, 7) is 4.20. The highest BCUT2D eigenvalue weighted by atomic mass is 16.5. The number of hydrogen-bond donors (Lipinski definition) is 1. The minimum absolute atomic E-state index is 0.336. The molecular weight excluding hydrogens is 300 g/mol. The molecule has 0 spiro atoms. The van der Waals surface area contributed by atoms with Crippen LogP contribution >= 0.6 is 0 Å². The van der Waals surface area contributed by atoms with E-state index in [4.69, 9.17) is 9.84 Å². The third kappa shape index (κ3) is 6.38. The SMILES string of the molecule is CCCCCCOCC1C2CCC(C2)C1CCCCCCC(=O)O. The molecule has 0 radical (unpaired) electrons. The van der Waals surface area contributed by atoms with E-state index in [0.29, 0.717) is 6.42 Å². The van der Waals surface area contributed by atoms with Crippen LogP contribution in [0, 0.1) is 23.7 Å². The van der Waals surface area contributed by atoms with Gasteiger partial charge in [-0.15, -0.1) is 0 Å². The summed E-state index contributed by atoms with van der Waals surface area (Å²) in [4.78, 5) is 10.5. The Morgan fingerprint density at radius 2 is 1.67 bits per heavy atom. The van der Waals surface area contributed by atoms with Crippen molar-refractivity contribution in [2.24, 2.45) is 23.7 Å². The molecular formula is C21H38O3. The molecule has 24 heavy (non-hydrogen) atoms. The second kappa shape index (κ2) is 11.1. The van der Waals surface area contributed by atoms with Gasteiger partial charge in [0.15, 0.2) is 0 Å². The van der Waals surface area contributed by atoms with Gasteiger partial charge < -0.3 is 9.84 Å². The highest BCUT2D eigenvalue weighted by Gasteiger charge is 2.46. The second-order valence-electron chi connectivity index (χ2n) is 8.14. The molecule has 0 aromatic heterocycles. The van der Waals surface area contributed by atoms with E-state index >= 15 is 0 Å². The van der Waals surface area contributed by atoms with E-state index < -0.39 is 5.97 Å². The zero-order valence-electron chi connectivity index (χ0n) is 15.7. The molecule has 1 N–H and O–H groups in total. The van der Waals surface area contributed by atoms with E-state index in [2.05, 4.69) is 6.92 Å². The van der Waals surface area contributed by atoms with Crippen molar-refractivity contribution in [2.45, 2.75) is 90.4 Å². The fourth-order valence-corrected chi connectivity index (χ4v) is 5.10. The maximum Gasteiger partial charge on any atom is 0.303 e. The second-order valence-corrected chi connectivity index (χ2v) is 8.14. The highest BCUT2D eigenvalue weighted by Crippen LogP contribution is 2.54. The van der Waals surface area contributed by atoms with Crippen molar-refractivity contribution >= 4 is 5.97 Å². The molecule has 2 rings (SSSR count). The maximum absolute atomic E-state index is 10.5. The number of unbranched alkanes of at least 4 members (excludes halogenated alkanes) is 6. The van der Waals surface area contributed by atoms with Crippen molar-refractivity contribution in [3.8, 4) is 0 Å². The van der Waals surface area contributed by atoms with Gasteiger partial charge >= 0.3 is 5.97 Å². The van der Waals surface area contributed by atoms with Crippen LogP contribution in [0.3, 0.4) is 0 Å². The van der Waals surface area contributed by atoms with Crippen LogP contribution in [-0.4, -0.2) is 24.3 Å². The largest absolute Gasteiger partial charge is 0.481 e. The Hall–Kier alpha value is -0.570. The summed E-state index contributed by atoms with van der Waals surface area (Å²) in [5, 5.41) is 8.69. The van der Waals surface area contributed by atoms with Crippen molar-refractivity contribution in [2.75, 3.05) is 13.2 Å². The third-order valence-electron chi connectivity index (χ3n) is 6.41. The predicted octanol–water partition coefficient (Wildman–Crippen LogP) is 5.67. The molecule has 140 valence electrons. The van der Waals surface area contributed by atoms with Crippen LogP contribution in [0.5, 0.6) is 0 Å². The first-order valence-corrected chi connectivity index (χ1v) is 10.5. The van der Waals surface area contributed by atoms with Gasteiger partial charge in [0.25, 0.3) is 0 Å². The average Bonchev–Trinajstić information content (AvgIpc) is 3.15. The Labute approximate surface area is 148 Å². The fourth-order valence-electron chi connectivity index (χ4n) is 5.10. The van der Waals surface area contributed by atoms with E-state index in [1.54, 1.807) is 0 Å². The smallest absolute Gasteiger partial charge is 0.303 e. The summed E-state index contributed by atoms with van der Waals surface area (Å²) < 4.78 is 6.05. The summed E-state index contributed by atoms with van der Waals surface area (Å²) in [7, 11) is 0. The lowest BCUT2D eigenvalue weighted by Gasteiger charge is -2.31. The number of hydrogen-bond acceptors (Lipinski definition) is 2. The van der Waals surface area contributed by atoms with Crippen molar-refractivity contribution in [3.05, 3.63) is 0 Å². The van der Waals surface area contributed by atoms with Gasteiger partial charge in [-0.25, -0.2) is 0 Å². The van der Waals surface area contributed by atoms with E-state index in [1.165, 1.54) is 64.2 Å². The van der Waals surface area contributed by atoms with Crippen molar-refractivity contribution in [1.29, 1.82) is 0 Å². The molecule has 0 aromatic carbocycles. The Balaban J connectivity index is 1.59. The topological polar surface area (TPSA) is 46.5 Å². The Morgan fingerprint density at radius 3 is 2.42 bits per heavy atom. The van der Waals surface area contributed by atoms with E-state index in [0.717, 1.165) is 49.7 Å². The molecule has 2 bridgehead atoms. The van der Waals surface area contributed by atoms with Gasteiger partial charge in [-0.05, 0) is 62.2 Å². The number of rotatable bonds is 14. The normalized spacial score (nSPS) is 28.5. The minimum Gasteiger partial charge on any atom is -0.481 e. The minimum atomic E-state index is -0.653. The van der Waals surface area contributed by atoms with Crippen LogP contribution in [0.2, 0.25) is 0 Å². The number of carbonyl (C=O) groups is 1. The summed E-state index contributed by atoms with van der Waals surface area (Å²) in [6, 6.07) is 0. The van der Waals surface area contributed by atoms with Crippen molar-refractivity contribution in [1.82, 2.24) is 0 Å². The average molecular weight is 339 g/mol. The first-order valence-electron chi connectivity index (χ1n) is 10.5. The molecule has 0 aromatic rings. The monoisotopic (exact) mass is 338 g/mol. The zero-order valence-corrected chi connectivity index (χ0v) is 15.7. The number of carboxylic acids is 1. The Bertz CT molecular complexity index is 355. The predicted molar refractivity (Wildman–Crippen MR) is 98.1 cm³/mol. The van der Waals surface area contributed by atoms with Crippen LogP contribution in [0.4, 0.5) is 0 Å². The molecule has 0 saturated heterocycles. The van der Waals surface area contributed by atoms with Crippen LogP contribution in [0.15, 0.2) is 0 Å². The zero-order chi connectivity index (χ0) is 17.2. The highest BCUT2D eigenvalue weighted by molar-refractivity contribution is 5.66. The number of aliphatic carboxylic acids is 1. The van der Waals surface area contributed by atoms with Gasteiger partial charge in [-0.1, -0.05) is 45.4 Å². The van der Waals surface area contributed by atoms with Gasteiger partial charge in [-0.3, -0.25) is 4.79 Å². The molecule has 2 fully saturated rings. The van der Waals surface area contributed by atoms with Gasteiger partial charge in [0.2, 0.25) is 0 Å². The molecule has 2 aliphatic carbocycles. The Morgan fingerprint density at radius 1 is 0.958 bits per heavy atom. The van der Waals surface area contributed by atoms with Gasteiger partial charge in [0.05, 0.1) is 0 Å². The molecule has 2 saturated carbocycles.